The lowest BCUT2D eigenvalue weighted by atomic mass is 9.94. The molecule has 1 aromatic heterocycles. The predicted octanol–water partition coefficient (Wildman–Crippen LogP) is 3.63. The van der Waals surface area contributed by atoms with E-state index in [1.54, 1.807) is 24.5 Å². The molecule has 2 aliphatic rings. The highest BCUT2D eigenvalue weighted by atomic mass is 16.1. The molecule has 4 rings (SSSR count). The van der Waals surface area contributed by atoms with Crippen LogP contribution in [0.15, 0.2) is 48.8 Å². The summed E-state index contributed by atoms with van der Waals surface area (Å²) in [6, 6.07) is 12.3. The van der Waals surface area contributed by atoms with Gasteiger partial charge in [0.05, 0.1) is 6.04 Å². The van der Waals surface area contributed by atoms with Crippen LogP contribution < -0.4 is 5.32 Å². The molecule has 0 unspecified atom stereocenters. The van der Waals surface area contributed by atoms with Gasteiger partial charge in [0.25, 0.3) is 5.91 Å². The summed E-state index contributed by atoms with van der Waals surface area (Å²) >= 11 is 0. The van der Waals surface area contributed by atoms with Gasteiger partial charge in [0, 0.05) is 42.9 Å². The van der Waals surface area contributed by atoms with Gasteiger partial charge in [-0.2, -0.15) is 0 Å². The molecule has 1 aromatic carbocycles. The Balaban J connectivity index is 1.55. The molecule has 2 heterocycles. The molecule has 1 aliphatic heterocycles. The van der Waals surface area contributed by atoms with E-state index >= 15 is 0 Å². The van der Waals surface area contributed by atoms with Crippen LogP contribution in [0.4, 0.5) is 0 Å². The number of benzene rings is 1. The summed E-state index contributed by atoms with van der Waals surface area (Å²) < 4.78 is 0. The Morgan fingerprint density at radius 2 is 1.88 bits per heavy atom. The SMILES string of the molecule is CC(C)CCN1C[C@@H]2[C@H](NC(=O)c3ccncc3)c3ccccc3[C@@H]2C1. The minimum atomic E-state index is -0.00603. The smallest absolute Gasteiger partial charge is 0.251 e. The molecule has 4 heteroatoms. The number of fused-ring (bicyclic) bond motifs is 3. The summed E-state index contributed by atoms with van der Waals surface area (Å²) in [5, 5.41) is 3.31. The van der Waals surface area contributed by atoms with Gasteiger partial charge < -0.3 is 10.2 Å². The van der Waals surface area contributed by atoms with E-state index < -0.39 is 0 Å². The van der Waals surface area contributed by atoms with Crippen molar-refractivity contribution in [1.29, 1.82) is 0 Å². The molecule has 0 radical (unpaired) electrons. The fourth-order valence-corrected chi connectivity index (χ4v) is 4.48. The van der Waals surface area contributed by atoms with Crippen molar-refractivity contribution in [3.8, 4) is 0 Å². The van der Waals surface area contributed by atoms with E-state index in [1.165, 1.54) is 17.5 Å². The summed E-state index contributed by atoms with van der Waals surface area (Å²) in [6.45, 7) is 7.88. The van der Waals surface area contributed by atoms with Crippen molar-refractivity contribution < 1.29 is 4.79 Å². The quantitative estimate of drug-likeness (QED) is 0.896. The second-order valence-corrected chi connectivity index (χ2v) is 8.03. The third-order valence-electron chi connectivity index (χ3n) is 5.85. The normalized spacial score (nSPS) is 24.5. The molecule has 1 N–H and O–H groups in total. The number of likely N-dealkylation sites (tertiary alicyclic amines) is 1. The van der Waals surface area contributed by atoms with Gasteiger partial charge in [-0.1, -0.05) is 38.1 Å². The topological polar surface area (TPSA) is 45.2 Å². The number of carbonyl (C=O) groups is 1. The van der Waals surface area contributed by atoms with Crippen LogP contribution in [0, 0.1) is 11.8 Å². The average Bonchev–Trinajstić information content (AvgIpc) is 3.19. The predicted molar refractivity (Wildman–Crippen MR) is 103 cm³/mol. The molecule has 4 nitrogen and oxygen atoms in total. The van der Waals surface area contributed by atoms with Gasteiger partial charge in [-0.3, -0.25) is 9.78 Å². The van der Waals surface area contributed by atoms with Gasteiger partial charge in [0.1, 0.15) is 0 Å². The lowest BCUT2D eigenvalue weighted by molar-refractivity contribution is 0.0924. The fourth-order valence-electron chi connectivity index (χ4n) is 4.48. The van der Waals surface area contributed by atoms with Crippen molar-refractivity contribution in [2.75, 3.05) is 19.6 Å². The molecule has 0 saturated carbocycles. The number of carbonyl (C=O) groups excluding carboxylic acids is 1. The maximum absolute atomic E-state index is 12.7. The second-order valence-electron chi connectivity index (χ2n) is 8.03. The van der Waals surface area contributed by atoms with Crippen LogP contribution in [-0.4, -0.2) is 35.4 Å². The number of amides is 1. The van der Waals surface area contributed by atoms with E-state index in [1.807, 2.05) is 0 Å². The lowest BCUT2D eigenvalue weighted by Gasteiger charge is -2.23. The van der Waals surface area contributed by atoms with Crippen molar-refractivity contribution >= 4 is 5.91 Å². The van der Waals surface area contributed by atoms with Gasteiger partial charge in [0.2, 0.25) is 0 Å². The Kier molecular flexibility index (Phi) is 4.77. The van der Waals surface area contributed by atoms with E-state index in [-0.39, 0.29) is 11.9 Å². The van der Waals surface area contributed by atoms with Gasteiger partial charge in [-0.05, 0) is 42.1 Å². The summed E-state index contributed by atoms with van der Waals surface area (Å²) in [5.41, 5.74) is 3.40. The molecule has 1 amide bonds. The van der Waals surface area contributed by atoms with Crippen LogP contribution in [0.5, 0.6) is 0 Å². The third kappa shape index (κ3) is 3.26. The largest absolute Gasteiger partial charge is 0.345 e. The first-order valence-corrected chi connectivity index (χ1v) is 9.65. The van der Waals surface area contributed by atoms with Gasteiger partial charge in [0.15, 0.2) is 0 Å². The minimum absolute atomic E-state index is 0.00603. The summed E-state index contributed by atoms with van der Waals surface area (Å²) in [5.74, 6) is 1.71. The average molecular weight is 349 g/mol. The number of pyridine rings is 1. The highest BCUT2D eigenvalue weighted by molar-refractivity contribution is 5.94. The summed E-state index contributed by atoms with van der Waals surface area (Å²) in [7, 11) is 0. The zero-order valence-corrected chi connectivity index (χ0v) is 15.6. The molecule has 1 fully saturated rings. The zero-order chi connectivity index (χ0) is 18.1. The minimum Gasteiger partial charge on any atom is -0.345 e. The van der Waals surface area contributed by atoms with E-state index in [0.717, 1.165) is 25.6 Å². The van der Waals surface area contributed by atoms with Crippen molar-refractivity contribution in [3.63, 3.8) is 0 Å². The molecular weight excluding hydrogens is 322 g/mol. The maximum atomic E-state index is 12.7. The van der Waals surface area contributed by atoms with Gasteiger partial charge in [-0.25, -0.2) is 0 Å². The Labute approximate surface area is 155 Å². The van der Waals surface area contributed by atoms with Crippen LogP contribution in [0.1, 0.15) is 53.7 Å². The second kappa shape index (κ2) is 7.20. The first-order chi connectivity index (χ1) is 12.6. The number of hydrogen-bond acceptors (Lipinski definition) is 3. The van der Waals surface area contributed by atoms with Crippen LogP contribution in [0.3, 0.4) is 0 Å². The van der Waals surface area contributed by atoms with Crippen LogP contribution in [0.2, 0.25) is 0 Å². The summed E-state index contributed by atoms with van der Waals surface area (Å²) in [6.07, 6.45) is 4.57. The van der Waals surface area contributed by atoms with E-state index in [9.17, 15) is 4.79 Å². The molecule has 1 aliphatic carbocycles. The molecule has 1 saturated heterocycles. The third-order valence-corrected chi connectivity index (χ3v) is 5.85. The monoisotopic (exact) mass is 349 g/mol. The van der Waals surface area contributed by atoms with Crippen molar-refractivity contribution in [2.24, 2.45) is 11.8 Å². The highest BCUT2D eigenvalue weighted by Gasteiger charge is 2.46. The van der Waals surface area contributed by atoms with E-state index in [4.69, 9.17) is 0 Å². The van der Waals surface area contributed by atoms with Crippen molar-refractivity contribution in [3.05, 3.63) is 65.5 Å². The fraction of sp³-hybridized carbons (Fsp3) is 0.455. The maximum Gasteiger partial charge on any atom is 0.251 e. The molecule has 3 atom stereocenters. The number of rotatable bonds is 5. The number of nitrogens with zero attached hydrogens (tertiary/aromatic N) is 2. The first kappa shape index (κ1) is 17.2. The van der Waals surface area contributed by atoms with E-state index in [0.29, 0.717) is 17.4 Å². The van der Waals surface area contributed by atoms with Gasteiger partial charge in [-0.15, -0.1) is 0 Å². The number of nitrogens with one attached hydrogen (secondary N) is 1. The lowest BCUT2D eigenvalue weighted by Crippen LogP contribution is -2.34. The molecule has 0 spiro atoms. The Bertz CT molecular complexity index is 774. The summed E-state index contributed by atoms with van der Waals surface area (Å²) in [4.78, 5) is 19.3. The Morgan fingerprint density at radius 1 is 1.15 bits per heavy atom. The zero-order valence-electron chi connectivity index (χ0n) is 15.6. The number of aromatic nitrogens is 1. The standard InChI is InChI=1S/C22H27N3O/c1-15(2)9-12-25-13-19-17-5-3-4-6-18(17)21(20(19)14-25)24-22(26)16-7-10-23-11-8-16/h3-8,10-11,15,19-21H,9,12-14H2,1-2H3,(H,24,26)/t19-,20-,21+/m0/s1. The first-order valence-electron chi connectivity index (χ1n) is 9.65. The Morgan fingerprint density at radius 3 is 2.62 bits per heavy atom. The Hall–Kier alpha value is -2.20. The van der Waals surface area contributed by atoms with Crippen LogP contribution in [-0.2, 0) is 0 Å². The van der Waals surface area contributed by atoms with Crippen LogP contribution in [0.25, 0.3) is 0 Å². The van der Waals surface area contributed by atoms with E-state index in [2.05, 4.69) is 53.3 Å². The molecule has 26 heavy (non-hydrogen) atoms. The molecule has 2 aromatic rings. The molecular formula is C22H27N3O. The highest BCUT2D eigenvalue weighted by Crippen LogP contribution is 2.49. The number of hydrogen-bond donors (Lipinski definition) is 1. The van der Waals surface area contributed by atoms with Crippen molar-refractivity contribution in [1.82, 2.24) is 15.2 Å². The van der Waals surface area contributed by atoms with Gasteiger partial charge >= 0.3 is 0 Å². The molecule has 136 valence electrons. The van der Waals surface area contributed by atoms with Crippen LogP contribution >= 0.6 is 0 Å². The molecule has 0 bridgehead atoms. The van der Waals surface area contributed by atoms with Crippen molar-refractivity contribution in [2.45, 2.75) is 32.2 Å².